The summed E-state index contributed by atoms with van der Waals surface area (Å²) in [6.07, 6.45) is 1.04. The van der Waals surface area contributed by atoms with E-state index in [0.717, 1.165) is 26.1 Å². The molecule has 0 aromatic heterocycles. The van der Waals surface area contributed by atoms with Crippen molar-refractivity contribution in [3.63, 3.8) is 0 Å². The van der Waals surface area contributed by atoms with Gasteiger partial charge in [0.05, 0.1) is 5.54 Å². The molecule has 4 heteroatoms. The summed E-state index contributed by atoms with van der Waals surface area (Å²) in [4.78, 5) is 13.6. The first-order valence-electron chi connectivity index (χ1n) is 5.20. The van der Waals surface area contributed by atoms with E-state index < -0.39 is 0 Å². The maximum atomic E-state index is 11.2. The van der Waals surface area contributed by atoms with E-state index in [0.29, 0.717) is 0 Å². The van der Waals surface area contributed by atoms with E-state index in [1.54, 1.807) is 0 Å². The molecule has 0 radical (unpaired) electrons. The molecular formula is C10H19N3O. The third kappa shape index (κ3) is 1.29. The Morgan fingerprint density at radius 1 is 1.43 bits per heavy atom. The maximum absolute atomic E-state index is 11.2. The molecule has 0 bridgehead atoms. The van der Waals surface area contributed by atoms with Crippen LogP contribution in [-0.4, -0.2) is 43.2 Å². The third-order valence-corrected chi connectivity index (χ3v) is 3.78. The highest BCUT2D eigenvalue weighted by Crippen LogP contribution is 2.39. The van der Waals surface area contributed by atoms with Crippen LogP contribution in [0.1, 0.15) is 20.3 Å². The highest BCUT2D eigenvalue weighted by atomic mass is 16.2. The van der Waals surface area contributed by atoms with Gasteiger partial charge in [0.1, 0.15) is 0 Å². The molecule has 1 unspecified atom stereocenters. The van der Waals surface area contributed by atoms with Crippen molar-refractivity contribution >= 4 is 6.03 Å². The normalized spacial score (nSPS) is 36.9. The number of nitrogens with one attached hydrogen (secondary N) is 2. The Morgan fingerprint density at radius 2 is 2.14 bits per heavy atom. The first-order valence-corrected chi connectivity index (χ1v) is 5.20. The van der Waals surface area contributed by atoms with E-state index in [1.165, 1.54) is 0 Å². The lowest BCUT2D eigenvalue weighted by atomic mass is 9.68. The molecule has 2 heterocycles. The fraction of sp³-hybridized carbons (Fsp3) is 0.900. The van der Waals surface area contributed by atoms with Crippen LogP contribution in [0.25, 0.3) is 0 Å². The summed E-state index contributed by atoms with van der Waals surface area (Å²) in [5.41, 5.74) is 0.107. The summed E-state index contributed by atoms with van der Waals surface area (Å²) in [6.45, 7) is 7.33. The Balaban J connectivity index is 2.22. The summed E-state index contributed by atoms with van der Waals surface area (Å²) in [5.74, 6) is 0. The van der Waals surface area contributed by atoms with E-state index in [9.17, 15) is 4.79 Å². The van der Waals surface area contributed by atoms with Gasteiger partial charge in [-0.25, -0.2) is 4.79 Å². The van der Waals surface area contributed by atoms with Crippen LogP contribution in [0.5, 0.6) is 0 Å². The number of hydrogen-bond donors (Lipinski definition) is 2. The zero-order chi connectivity index (χ0) is 10.4. The molecule has 2 saturated heterocycles. The highest BCUT2D eigenvalue weighted by molar-refractivity contribution is 5.77. The molecule has 0 aromatic carbocycles. The van der Waals surface area contributed by atoms with Gasteiger partial charge in [-0.2, -0.15) is 0 Å². The summed E-state index contributed by atoms with van der Waals surface area (Å²) >= 11 is 0. The zero-order valence-electron chi connectivity index (χ0n) is 9.18. The molecule has 2 rings (SSSR count). The van der Waals surface area contributed by atoms with Crippen molar-refractivity contribution in [3.05, 3.63) is 0 Å². The van der Waals surface area contributed by atoms with Crippen LogP contribution in [0.3, 0.4) is 0 Å². The predicted molar refractivity (Wildman–Crippen MR) is 55.2 cm³/mol. The minimum absolute atomic E-state index is 0.0115. The van der Waals surface area contributed by atoms with Gasteiger partial charge in [0.2, 0.25) is 0 Å². The Labute approximate surface area is 85.0 Å². The SMILES string of the molecule is CN1CCC2(CNC(=O)N2)C(C)(C)C1. The molecule has 2 amide bonds. The van der Waals surface area contributed by atoms with Crippen LogP contribution in [0, 0.1) is 5.41 Å². The number of hydrogen-bond acceptors (Lipinski definition) is 2. The van der Waals surface area contributed by atoms with Gasteiger partial charge in [-0.05, 0) is 13.5 Å². The van der Waals surface area contributed by atoms with E-state index >= 15 is 0 Å². The van der Waals surface area contributed by atoms with Crippen molar-refractivity contribution in [2.45, 2.75) is 25.8 Å². The number of carbonyl (C=O) groups excluding carboxylic acids is 1. The second kappa shape index (κ2) is 2.86. The number of piperidine rings is 1. The minimum atomic E-state index is -0.0312. The standard InChI is InChI=1S/C10H19N3O/c1-9(2)7-13(3)5-4-10(9)6-11-8(14)12-10/h4-7H2,1-3H3,(H2,11,12,14). The molecular weight excluding hydrogens is 178 g/mol. The van der Waals surface area contributed by atoms with Gasteiger partial charge >= 0.3 is 6.03 Å². The first-order chi connectivity index (χ1) is 6.45. The lowest BCUT2D eigenvalue weighted by Crippen LogP contribution is -2.63. The van der Waals surface area contributed by atoms with Gasteiger partial charge in [0.25, 0.3) is 0 Å². The molecule has 80 valence electrons. The molecule has 1 atom stereocenters. The van der Waals surface area contributed by atoms with Crippen LogP contribution in [0.15, 0.2) is 0 Å². The lowest BCUT2D eigenvalue weighted by Gasteiger charge is -2.50. The van der Waals surface area contributed by atoms with Gasteiger partial charge in [-0.1, -0.05) is 13.8 Å². The Morgan fingerprint density at radius 3 is 2.64 bits per heavy atom. The fourth-order valence-electron chi connectivity index (χ4n) is 2.72. The third-order valence-electron chi connectivity index (χ3n) is 3.78. The van der Waals surface area contributed by atoms with Gasteiger partial charge in [0.15, 0.2) is 0 Å². The Hall–Kier alpha value is -0.770. The van der Waals surface area contributed by atoms with E-state index in [2.05, 4.69) is 36.4 Å². The topological polar surface area (TPSA) is 44.4 Å². The number of urea groups is 1. The quantitative estimate of drug-likeness (QED) is 0.590. The van der Waals surface area contributed by atoms with Crippen molar-refractivity contribution in [1.82, 2.24) is 15.5 Å². The van der Waals surface area contributed by atoms with Crippen molar-refractivity contribution in [3.8, 4) is 0 Å². The molecule has 4 nitrogen and oxygen atoms in total. The van der Waals surface area contributed by atoms with Gasteiger partial charge < -0.3 is 15.5 Å². The summed E-state index contributed by atoms with van der Waals surface area (Å²) in [6, 6.07) is -0.0115. The summed E-state index contributed by atoms with van der Waals surface area (Å²) in [5, 5.41) is 5.99. The lowest BCUT2D eigenvalue weighted by molar-refractivity contribution is 0.0416. The molecule has 14 heavy (non-hydrogen) atoms. The average molecular weight is 197 g/mol. The largest absolute Gasteiger partial charge is 0.336 e. The number of likely N-dealkylation sites (tertiary alicyclic amines) is 1. The monoisotopic (exact) mass is 197 g/mol. The maximum Gasteiger partial charge on any atom is 0.315 e. The highest BCUT2D eigenvalue weighted by Gasteiger charge is 2.51. The molecule has 2 aliphatic heterocycles. The average Bonchev–Trinajstić information content (AvgIpc) is 2.43. The summed E-state index contributed by atoms with van der Waals surface area (Å²) < 4.78 is 0. The number of nitrogens with zero attached hydrogens (tertiary/aromatic N) is 1. The van der Waals surface area contributed by atoms with Crippen molar-refractivity contribution in [2.24, 2.45) is 5.41 Å². The Bertz CT molecular complexity index is 264. The van der Waals surface area contributed by atoms with Crippen LogP contribution in [0.4, 0.5) is 4.79 Å². The smallest absolute Gasteiger partial charge is 0.315 e. The van der Waals surface area contributed by atoms with E-state index in [1.807, 2.05) is 0 Å². The number of amides is 2. The number of rotatable bonds is 0. The molecule has 2 N–H and O–H groups in total. The zero-order valence-corrected chi connectivity index (χ0v) is 9.18. The minimum Gasteiger partial charge on any atom is -0.336 e. The van der Waals surface area contributed by atoms with E-state index in [-0.39, 0.29) is 17.0 Å². The van der Waals surface area contributed by atoms with Crippen molar-refractivity contribution < 1.29 is 4.79 Å². The number of carbonyl (C=O) groups is 1. The first kappa shape index (κ1) is 9.77. The molecule has 0 aromatic rings. The Kier molecular flexibility index (Phi) is 2.00. The van der Waals surface area contributed by atoms with Gasteiger partial charge in [0, 0.05) is 25.0 Å². The van der Waals surface area contributed by atoms with Crippen LogP contribution in [0.2, 0.25) is 0 Å². The summed E-state index contributed by atoms with van der Waals surface area (Å²) in [7, 11) is 2.14. The molecule has 0 saturated carbocycles. The second-order valence-corrected chi connectivity index (χ2v) is 5.26. The van der Waals surface area contributed by atoms with Crippen LogP contribution < -0.4 is 10.6 Å². The van der Waals surface area contributed by atoms with Gasteiger partial charge in [-0.15, -0.1) is 0 Å². The van der Waals surface area contributed by atoms with Crippen LogP contribution in [-0.2, 0) is 0 Å². The molecule has 2 fully saturated rings. The fourth-order valence-corrected chi connectivity index (χ4v) is 2.72. The van der Waals surface area contributed by atoms with Gasteiger partial charge in [-0.3, -0.25) is 0 Å². The van der Waals surface area contributed by atoms with E-state index in [4.69, 9.17) is 0 Å². The molecule has 0 aliphatic carbocycles. The van der Waals surface area contributed by atoms with Crippen molar-refractivity contribution in [2.75, 3.05) is 26.7 Å². The predicted octanol–water partition coefficient (Wildman–Crippen LogP) is 0.400. The molecule has 1 spiro atoms. The van der Waals surface area contributed by atoms with Crippen LogP contribution >= 0.6 is 0 Å². The molecule has 2 aliphatic rings. The second-order valence-electron chi connectivity index (χ2n) is 5.26. The van der Waals surface area contributed by atoms with Crippen molar-refractivity contribution in [1.29, 1.82) is 0 Å².